The Kier molecular flexibility index (Phi) is 4.93. The molecule has 0 aromatic heterocycles. The first-order valence-corrected chi connectivity index (χ1v) is 12.7. The van der Waals surface area contributed by atoms with E-state index in [1.54, 1.807) is 16.4 Å². The maximum absolute atomic E-state index is 13.3. The van der Waals surface area contributed by atoms with Gasteiger partial charge in [-0.05, 0) is 59.9 Å². The average Bonchev–Trinajstić information content (AvgIpc) is 3.19. The number of hydrogen-bond donors (Lipinski definition) is 0. The van der Waals surface area contributed by atoms with Crippen molar-refractivity contribution >= 4 is 32.6 Å². The largest absolute Gasteiger partial charge is 0.243 e. The molecule has 0 unspecified atom stereocenters. The normalized spacial score (nSPS) is 25.2. The molecule has 3 nitrogen and oxygen atoms in total. The van der Waals surface area contributed by atoms with Gasteiger partial charge in [-0.1, -0.05) is 60.2 Å². The molecule has 2 aliphatic heterocycles. The zero-order valence-electron chi connectivity index (χ0n) is 16.5. The van der Waals surface area contributed by atoms with E-state index in [0.717, 1.165) is 24.2 Å². The Bertz CT molecular complexity index is 1140. The van der Waals surface area contributed by atoms with Crippen molar-refractivity contribution in [2.45, 2.75) is 36.0 Å². The van der Waals surface area contributed by atoms with Crippen LogP contribution in [-0.2, 0) is 10.0 Å². The van der Waals surface area contributed by atoms with Gasteiger partial charge in [0.2, 0.25) is 10.0 Å². The Morgan fingerprint density at radius 2 is 1.69 bits per heavy atom. The number of benzene rings is 3. The smallest absolute Gasteiger partial charge is 0.207 e. The van der Waals surface area contributed by atoms with Crippen molar-refractivity contribution in [2.75, 3.05) is 12.3 Å². The van der Waals surface area contributed by atoms with Gasteiger partial charge in [-0.25, -0.2) is 8.42 Å². The van der Waals surface area contributed by atoms with E-state index in [1.807, 2.05) is 30.8 Å². The molecule has 2 aliphatic rings. The minimum Gasteiger partial charge on any atom is -0.207 e. The van der Waals surface area contributed by atoms with Crippen LogP contribution in [0.2, 0.25) is 0 Å². The summed E-state index contributed by atoms with van der Waals surface area (Å²) in [7, 11) is -3.44. The number of hydrogen-bond acceptors (Lipinski definition) is 3. The Morgan fingerprint density at radius 1 is 0.931 bits per heavy atom. The summed E-state index contributed by atoms with van der Waals surface area (Å²) in [4.78, 5) is 0.421. The molecule has 2 saturated heterocycles. The van der Waals surface area contributed by atoms with Crippen molar-refractivity contribution in [3.05, 3.63) is 77.9 Å². The second-order valence-corrected chi connectivity index (χ2v) is 11.3. The summed E-state index contributed by atoms with van der Waals surface area (Å²) < 4.78 is 28.5. The molecular formula is C24H25NO2S2. The lowest BCUT2D eigenvalue weighted by Gasteiger charge is -2.36. The van der Waals surface area contributed by atoms with E-state index in [4.69, 9.17) is 0 Å². The van der Waals surface area contributed by atoms with E-state index in [2.05, 4.69) is 42.5 Å². The lowest BCUT2D eigenvalue weighted by molar-refractivity contribution is 0.317. The van der Waals surface area contributed by atoms with Gasteiger partial charge in [-0.15, -0.1) is 0 Å². The molecule has 29 heavy (non-hydrogen) atoms. The van der Waals surface area contributed by atoms with Crippen LogP contribution in [0.25, 0.3) is 10.8 Å². The molecule has 5 rings (SSSR count). The zero-order chi connectivity index (χ0) is 20.0. The van der Waals surface area contributed by atoms with E-state index in [-0.39, 0.29) is 6.04 Å². The summed E-state index contributed by atoms with van der Waals surface area (Å²) >= 11 is 1.99. The van der Waals surface area contributed by atoms with Crippen molar-refractivity contribution in [3.63, 3.8) is 0 Å². The third kappa shape index (κ3) is 3.39. The van der Waals surface area contributed by atoms with Gasteiger partial charge in [0.1, 0.15) is 0 Å². The third-order valence-electron chi connectivity index (χ3n) is 6.38. The number of fused-ring (bicyclic) bond motifs is 2. The minimum atomic E-state index is -3.44. The molecule has 2 fully saturated rings. The Hall–Kier alpha value is -1.82. The van der Waals surface area contributed by atoms with Crippen LogP contribution in [0.15, 0.2) is 71.6 Å². The highest BCUT2D eigenvalue weighted by Crippen LogP contribution is 2.50. The maximum atomic E-state index is 13.3. The monoisotopic (exact) mass is 423 g/mol. The van der Waals surface area contributed by atoms with E-state index < -0.39 is 10.0 Å². The number of nitrogens with zero attached hydrogens (tertiary/aromatic N) is 1. The molecule has 0 N–H and O–H groups in total. The summed E-state index contributed by atoms with van der Waals surface area (Å²) in [6, 6.07) is 22.5. The molecule has 0 spiro atoms. The van der Waals surface area contributed by atoms with Crippen molar-refractivity contribution in [1.82, 2.24) is 4.31 Å². The van der Waals surface area contributed by atoms with Crippen LogP contribution in [-0.4, -0.2) is 31.1 Å². The average molecular weight is 424 g/mol. The van der Waals surface area contributed by atoms with Crippen molar-refractivity contribution < 1.29 is 8.42 Å². The van der Waals surface area contributed by atoms with Crippen molar-refractivity contribution in [3.8, 4) is 0 Å². The van der Waals surface area contributed by atoms with E-state index in [0.29, 0.717) is 22.6 Å². The lowest BCUT2D eigenvalue weighted by atomic mass is 9.89. The first-order chi connectivity index (χ1) is 14.0. The fraction of sp³-hybridized carbons (Fsp3) is 0.333. The van der Waals surface area contributed by atoms with Gasteiger partial charge >= 0.3 is 0 Å². The van der Waals surface area contributed by atoms with Gasteiger partial charge in [0.15, 0.2) is 0 Å². The summed E-state index contributed by atoms with van der Waals surface area (Å²) in [6.45, 7) is 2.60. The van der Waals surface area contributed by atoms with Gasteiger partial charge in [-0.3, -0.25) is 0 Å². The lowest BCUT2D eigenvalue weighted by Crippen LogP contribution is -2.41. The highest BCUT2D eigenvalue weighted by molar-refractivity contribution is 7.99. The summed E-state index contributed by atoms with van der Waals surface area (Å²) in [5.41, 5.74) is 2.41. The van der Waals surface area contributed by atoms with Gasteiger partial charge in [-0.2, -0.15) is 16.1 Å². The Labute approximate surface area is 177 Å². The van der Waals surface area contributed by atoms with Crippen LogP contribution < -0.4 is 0 Å². The SMILES string of the molecule is Cc1ccc(S(=O)(=O)N2CC[C@@H]3[C@H](c4ccc5ccccc5c4)SCC[C@@H]32)cc1. The van der Waals surface area contributed by atoms with Crippen LogP contribution in [0.5, 0.6) is 0 Å². The Balaban J connectivity index is 1.45. The molecule has 0 bridgehead atoms. The fourth-order valence-corrected chi connectivity index (χ4v) is 8.12. The second kappa shape index (κ2) is 7.46. The summed E-state index contributed by atoms with van der Waals surface area (Å²) in [5.74, 6) is 1.37. The molecule has 3 aromatic rings. The highest BCUT2D eigenvalue weighted by atomic mass is 32.2. The summed E-state index contributed by atoms with van der Waals surface area (Å²) in [6.07, 6.45) is 1.87. The zero-order valence-corrected chi connectivity index (χ0v) is 18.1. The van der Waals surface area contributed by atoms with Crippen LogP contribution in [0, 0.1) is 12.8 Å². The molecule has 150 valence electrons. The van der Waals surface area contributed by atoms with Crippen LogP contribution >= 0.6 is 11.8 Å². The van der Waals surface area contributed by atoms with Gasteiger partial charge < -0.3 is 0 Å². The second-order valence-electron chi connectivity index (χ2n) is 8.14. The molecule has 0 amide bonds. The first kappa shape index (κ1) is 19.2. The van der Waals surface area contributed by atoms with Crippen LogP contribution in [0.3, 0.4) is 0 Å². The van der Waals surface area contributed by atoms with Crippen LogP contribution in [0.1, 0.15) is 29.2 Å². The predicted octanol–water partition coefficient (Wildman–Crippen LogP) is 5.41. The van der Waals surface area contributed by atoms with Gasteiger partial charge in [0.05, 0.1) is 4.90 Å². The number of aryl methyl sites for hydroxylation is 1. The number of thioether (sulfide) groups is 1. The summed E-state index contributed by atoms with van der Waals surface area (Å²) in [5, 5.41) is 2.87. The van der Waals surface area contributed by atoms with Gasteiger partial charge in [0.25, 0.3) is 0 Å². The molecule has 0 aliphatic carbocycles. The van der Waals surface area contributed by atoms with Crippen molar-refractivity contribution in [1.29, 1.82) is 0 Å². The molecule has 0 radical (unpaired) electrons. The molecule has 3 atom stereocenters. The number of rotatable bonds is 3. The molecule has 5 heteroatoms. The third-order valence-corrected chi connectivity index (χ3v) is 9.77. The predicted molar refractivity (Wildman–Crippen MR) is 121 cm³/mol. The highest BCUT2D eigenvalue weighted by Gasteiger charge is 2.46. The van der Waals surface area contributed by atoms with E-state index in [9.17, 15) is 8.42 Å². The van der Waals surface area contributed by atoms with Crippen LogP contribution in [0.4, 0.5) is 0 Å². The minimum absolute atomic E-state index is 0.0963. The van der Waals surface area contributed by atoms with E-state index >= 15 is 0 Å². The quantitative estimate of drug-likeness (QED) is 0.566. The Morgan fingerprint density at radius 3 is 2.48 bits per heavy atom. The molecule has 0 saturated carbocycles. The number of sulfonamides is 1. The van der Waals surface area contributed by atoms with Gasteiger partial charge in [0, 0.05) is 17.8 Å². The van der Waals surface area contributed by atoms with E-state index in [1.165, 1.54) is 16.3 Å². The molecule has 2 heterocycles. The first-order valence-electron chi connectivity index (χ1n) is 10.2. The molecule has 3 aromatic carbocycles. The fourth-order valence-electron chi connectivity index (χ4n) is 4.87. The van der Waals surface area contributed by atoms with Crippen molar-refractivity contribution in [2.24, 2.45) is 5.92 Å². The topological polar surface area (TPSA) is 37.4 Å². The molecular weight excluding hydrogens is 398 g/mol. The maximum Gasteiger partial charge on any atom is 0.243 e. The standard InChI is InChI=1S/C24H25NO2S2/c1-17-6-10-21(11-7-17)29(26,27)25-14-12-22-23(25)13-15-28-24(22)20-9-8-18-4-2-3-5-19(18)16-20/h2-11,16,22-24H,12-15H2,1H3/t22-,23-,24-/m0/s1.